The molecule has 0 aromatic rings. The van der Waals surface area contributed by atoms with Gasteiger partial charge >= 0.3 is 5.97 Å². The van der Waals surface area contributed by atoms with Gasteiger partial charge in [0.25, 0.3) is 0 Å². The molecule has 0 aliphatic rings. The lowest BCUT2D eigenvalue weighted by Gasteiger charge is -2.20. The van der Waals surface area contributed by atoms with Crippen molar-refractivity contribution >= 4 is 11.9 Å². The molecular formula is C55H103NO5. The van der Waals surface area contributed by atoms with Crippen molar-refractivity contribution in [1.29, 1.82) is 0 Å². The lowest BCUT2D eigenvalue weighted by molar-refractivity contribution is -0.143. The molecule has 3 N–H and O–H groups in total. The molecule has 0 saturated heterocycles. The molecule has 0 bridgehead atoms. The summed E-state index contributed by atoms with van der Waals surface area (Å²) in [6, 6.07) is -0.643. The Labute approximate surface area is 379 Å². The monoisotopic (exact) mass is 858 g/mol. The maximum absolute atomic E-state index is 12.4. The first-order chi connectivity index (χ1) is 30.0. The third kappa shape index (κ3) is 47.4. The van der Waals surface area contributed by atoms with Gasteiger partial charge in [0.2, 0.25) is 5.91 Å². The van der Waals surface area contributed by atoms with Crippen molar-refractivity contribution in [3.05, 3.63) is 36.5 Å². The van der Waals surface area contributed by atoms with Gasteiger partial charge in [-0.15, -0.1) is 0 Å². The number of aliphatic hydroxyl groups is 2. The standard InChI is InChI=1S/C55H103NO5/c1-3-5-7-9-11-13-15-17-19-20-21-23-24-27-31-35-39-43-47-53(58)52(51-57)56-54(59)48-44-40-36-32-28-26-30-34-38-42-46-50-61-55(60)49-45-41-37-33-29-25-22-18-16-14-12-10-8-6-4-2/h12,14,18,22,43,47,52-53,57-58H,3-11,13,15-17,19-21,23-42,44-46,48-51H2,1-2H3,(H,56,59)/b14-12-,22-18-,47-43+. The summed E-state index contributed by atoms with van der Waals surface area (Å²) in [6.07, 6.45) is 61.4. The summed E-state index contributed by atoms with van der Waals surface area (Å²) in [5.41, 5.74) is 0. The van der Waals surface area contributed by atoms with E-state index in [1.165, 1.54) is 180 Å². The number of carbonyl (C=O) groups excluding carboxylic acids is 2. The normalized spacial score (nSPS) is 12.9. The molecule has 6 nitrogen and oxygen atoms in total. The van der Waals surface area contributed by atoms with E-state index in [2.05, 4.69) is 43.5 Å². The molecule has 1 amide bonds. The molecule has 0 aromatic carbocycles. The Morgan fingerprint density at radius 3 is 1.28 bits per heavy atom. The van der Waals surface area contributed by atoms with Crippen LogP contribution in [-0.4, -0.2) is 47.4 Å². The zero-order chi connectivity index (χ0) is 44.4. The number of unbranched alkanes of at least 4 members (excludes halogenated alkanes) is 34. The minimum Gasteiger partial charge on any atom is -0.466 e. The molecule has 0 aliphatic carbocycles. The molecule has 0 rings (SSSR count). The van der Waals surface area contributed by atoms with Crippen molar-refractivity contribution < 1.29 is 24.5 Å². The van der Waals surface area contributed by atoms with Gasteiger partial charge in [0.05, 0.1) is 25.4 Å². The van der Waals surface area contributed by atoms with E-state index in [0.717, 1.165) is 70.6 Å². The van der Waals surface area contributed by atoms with Crippen molar-refractivity contribution in [2.24, 2.45) is 0 Å². The number of hydrogen-bond donors (Lipinski definition) is 3. The maximum Gasteiger partial charge on any atom is 0.305 e. The fraction of sp³-hybridized carbons (Fsp3) is 0.855. The predicted octanol–water partition coefficient (Wildman–Crippen LogP) is 16.1. The van der Waals surface area contributed by atoms with E-state index < -0.39 is 12.1 Å². The number of esters is 1. The largest absolute Gasteiger partial charge is 0.466 e. The van der Waals surface area contributed by atoms with E-state index >= 15 is 0 Å². The summed E-state index contributed by atoms with van der Waals surface area (Å²) in [5, 5.41) is 23.1. The van der Waals surface area contributed by atoms with Crippen LogP contribution < -0.4 is 5.32 Å². The van der Waals surface area contributed by atoms with Crippen molar-refractivity contribution in [2.45, 2.75) is 289 Å². The van der Waals surface area contributed by atoms with Gasteiger partial charge < -0.3 is 20.3 Å². The summed E-state index contributed by atoms with van der Waals surface area (Å²) in [4.78, 5) is 24.5. The number of nitrogens with one attached hydrogen (secondary N) is 1. The number of aliphatic hydroxyl groups excluding tert-OH is 2. The van der Waals surface area contributed by atoms with Crippen LogP contribution in [0.5, 0.6) is 0 Å². The molecule has 0 radical (unpaired) electrons. The quantitative estimate of drug-likeness (QED) is 0.0322. The average molecular weight is 858 g/mol. The van der Waals surface area contributed by atoms with Crippen molar-refractivity contribution in [3.8, 4) is 0 Å². The Morgan fingerprint density at radius 1 is 0.459 bits per heavy atom. The zero-order valence-electron chi connectivity index (χ0n) is 40.6. The Kier molecular flexibility index (Phi) is 49.1. The van der Waals surface area contributed by atoms with Crippen LogP contribution in [0.15, 0.2) is 36.5 Å². The van der Waals surface area contributed by atoms with E-state index in [0.29, 0.717) is 19.4 Å². The van der Waals surface area contributed by atoms with E-state index in [4.69, 9.17) is 4.74 Å². The highest BCUT2D eigenvalue weighted by atomic mass is 16.5. The van der Waals surface area contributed by atoms with Crippen LogP contribution in [0, 0.1) is 0 Å². The number of allylic oxidation sites excluding steroid dienone is 5. The highest BCUT2D eigenvalue weighted by Crippen LogP contribution is 2.16. The van der Waals surface area contributed by atoms with E-state index in [-0.39, 0.29) is 18.5 Å². The van der Waals surface area contributed by atoms with E-state index in [9.17, 15) is 19.8 Å². The first-order valence-corrected chi connectivity index (χ1v) is 26.8. The molecule has 61 heavy (non-hydrogen) atoms. The molecule has 0 aromatic heterocycles. The fourth-order valence-electron chi connectivity index (χ4n) is 8.02. The number of carbonyl (C=O) groups is 2. The summed E-state index contributed by atoms with van der Waals surface area (Å²) in [7, 11) is 0. The highest BCUT2D eigenvalue weighted by molar-refractivity contribution is 5.76. The van der Waals surface area contributed by atoms with Crippen LogP contribution in [0.1, 0.15) is 277 Å². The third-order valence-corrected chi connectivity index (χ3v) is 12.2. The minimum absolute atomic E-state index is 0.0296. The van der Waals surface area contributed by atoms with E-state index in [1.807, 2.05) is 6.08 Å². The molecule has 0 heterocycles. The van der Waals surface area contributed by atoms with Gasteiger partial charge in [-0.2, -0.15) is 0 Å². The average Bonchev–Trinajstić information content (AvgIpc) is 3.26. The van der Waals surface area contributed by atoms with E-state index in [1.54, 1.807) is 6.08 Å². The zero-order valence-corrected chi connectivity index (χ0v) is 40.6. The smallest absolute Gasteiger partial charge is 0.305 e. The lowest BCUT2D eigenvalue weighted by Crippen LogP contribution is -2.45. The molecular weight excluding hydrogens is 755 g/mol. The molecule has 6 heteroatoms. The first kappa shape index (κ1) is 59.1. The van der Waals surface area contributed by atoms with Gasteiger partial charge in [0, 0.05) is 12.8 Å². The molecule has 0 spiro atoms. The van der Waals surface area contributed by atoms with Gasteiger partial charge in [0.1, 0.15) is 0 Å². The van der Waals surface area contributed by atoms with Crippen molar-refractivity contribution in [3.63, 3.8) is 0 Å². The first-order valence-electron chi connectivity index (χ1n) is 26.8. The van der Waals surface area contributed by atoms with Crippen LogP contribution >= 0.6 is 0 Å². The maximum atomic E-state index is 12.4. The van der Waals surface area contributed by atoms with Gasteiger partial charge in [0.15, 0.2) is 0 Å². The second-order valence-electron chi connectivity index (χ2n) is 18.2. The molecule has 0 aliphatic heterocycles. The Morgan fingerprint density at radius 2 is 0.820 bits per heavy atom. The molecule has 0 saturated carbocycles. The number of amides is 1. The fourth-order valence-corrected chi connectivity index (χ4v) is 8.02. The SMILES string of the molecule is CCCCC/C=C\C/C=C\CCCCCCCC(=O)OCCCCCCCCCCCCCC(=O)NC(CO)C(O)/C=C/CCCCCCCCCCCCCCCCCC. The van der Waals surface area contributed by atoms with Crippen molar-refractivity contribution in [2.75, 3.05) is 13.2 Å². The number of rotatable bonds is 49. The third-order valence-electron chi connectivity index (χ3n) is 12.2. The molecule has 0 fully saturated rings. The van der Waals surface area contributed by atoms with Gasteiger partial charge in [-0.05, 0) is 64.2 Å². The summed E-state index contributed by atoms with van der Waals surface area (Å²) in [5.74, 6) is -0.117. The van der Waals surface area contributed by atoms with Crippen molar-refractivity contribution in [1.82, 2.24) is 5.32 Å². The van der Waals surface area contributed by atoms with Crippen LogP contribution in [0.2, 0.25) is 0 Å². The summed E-state index contributed by atoms with van der Waals surface area (Å²) >= 11 is 0. The summed E-state index contributed by atoms with van der Waals surface area (Å²) < 4.78 is 5.45. The van der Waals surface area contributed by atoms with Crippen LogP contribution in [0.3, 0.4) is 0 Å². The van der Waals surface area contributed by atoms with Crippen LogP contribution in [0.25, 0.3) is 0 Å². The van der Waals surface area contributed by atoms with Gasteiger partial charge in [-0.1, -0.05) is 237 Å². The predicted molar refractivity (Wildman–Crippen MR) is 264 cm³/mol. The lowest BCUT2D eigenvalue weighted by atomic mass is 10.0. The molecule has 2 atom stereocenters. The Bertz CT molecular complexity index is 993. The molecule has 358 valence electrons. The molecule has 2 unspecified atom stereocenters. The number of ether oxygens (including phenoxy) is 1. The minimum atomic E-state index is -0.858. The topological polar surface area (TPSA) is 95.9 Å². The Balaban J connectivity index is 3.52. The summed E-state index contributed by atoms with van der Waals surface area (Å²) in [6.45, 7) is 4.83. The Hall–Kier alpha value is -1.92. The number of hydrogen-bond acceptors (Lipinski definition) is 5. The second kappa shape index (κ2) is 50.7. The van der Waals surface area contributed by atoms with Gasteiger partial charge in [-0.25, -0.2) is 0 Å². The van der Waals surface area contributed by atoms with Crippen LogP contribution in [0.4, 0.5) is 0 Å². The second-order valence-corrected chi connectivity index (χ2v) is 18.2. The van der Waals surface area contributed by atoms with Crippen LogP contribution in [-0.2, 0) is 14.3 Å². The highest BCUT2D eigenvalue weighted by Gasteiger charge is 2.18. The van der Waals surface area contributed by atoms with Gasteiger partial charge in [-0.3, -0.25) is 9.59 Å².